The van der Waals surface area contributed by atoms with Crippen molar-refractivity contribution < 1.29 is 9.84 Å². The van der Waals surface area contributed by atoms with Gasteiger partial charge < -0.3 is 15.2 Å². The number of nitrogens with zero attached hydrogens (tertiary/aromatic N) is 1. The van der Waals surface area contributed by atoms with Crippen molar-refractivity contribution >= 4 is 0 Å². The van der Waals surface area contributed by atoms with Crippen molar-refractivity contribution in [1.29, 1.82) is 0 Å². The highest BCUT2D eigenvalue weighted by molar-refractivity contribution is 4.70. The van der Waals surface area contributed by atoms with Crippen LogP contribution in [-0.4, -0.2) is 62.0 Å². The van der Waals surface area contributed by atoms with E-state index in [1.54, 1.807) is 7.11 Å². The monoisotopic (exact) mass is 218 g/mol. The van der Waals surface area contributed by atoms with E-state index in [0.717, 1.165) is 13.1 Å². The molecule has 0 radical (unpaired) electrons. The molecule has 0 aliphatic carbocycles. The standard InChI is InChI=1S/C11H26N2O2/c1-5-12-7-11(14)8-13(6-2)10(3)9-15-4/h10-12,14H,5-9H2,1-4H3. The lowest BCUT2D eigenvalue weighted by Gasteiger charge is -2.29. The van der Waals surface area contributed by atoms with E-state index in [1.807, 2.05) is 6.92 Å². The van der Waals surface area contributed by atoms with Crippen LogP contribution in [-0.2, 0) is 4.74 Å². The van der Waals surface area contributed by atoms with E-state index in [2.05, 4.69) is 24.1 Å². The van der Waals surface area contributed by atoms with Gasteiger partial charge in [0.2, 0.25) is 0 Å². The van der Waals surface area contributed by atoms with E-state index in [1.165, 1.54) is 0 Å². The maximum Gasteiger partial charge on any atom is 0.0791 e. The summed E-state index contributed by atoms with van der Waals surface area (Å²) in [5.41, 5.74) is 0. The van der Waals surface area contributed by atoms with Crippen molar-refractivity contribution in [2.45, 2.75) is 32.9 Å². The number of aliphatic hydroxyl groups is 1. The number of hydrogen-bond acceptors (Lipinski definition) is 4. The fourth-order valence-electron chi connectivity index (χ4n) is 1.61. The lowest BCUT2D eigenvalue weighted by molar-refractivity contribution is 0.0586. The summed E-state index contributed by atoms with van der Waals surface area (Å²) >= 11 is 0. The van der Waals surface area contributed by atoms with E-state index >= 15 is 0 Å². The Bertz CT molecular complexity index is 145. The minimum absolute atomic E-state index is 0.302. The number of nitrogens with one attached hydrogen (secondary N) is 1. The van der Waals surface area contributed by atoms with Crippen LogP contribution in [0.3, 0.4) is 0 Å². The van der Waals surface area contributed by atoms with Crippen LogP contribution in [0, 0.1) is 0 Å². The van der Waals surface area contributed by atoms with Gasteiger partial charge in [-0.25, -0.2) is 0 Å². The molecular formula is C11H26N2O2. The Kier molecular flexibility index (Phi) is 9.00. The van der Waals surface area contributed by atoms with E-state index in [-0.39, 0.29) is 6.10 Å². The number of aliphatic hydroxyl groups excluding tert-OH is 1. The number of ether oxygens (including phenoxy) is 1. The van der Waals surface area contributed by atoms with Gasteiger partial charge in [0.25, 0.3) is 0 Å². The molecule has 2 N–H and O–H groups in total. The molecular weight excluding hydrogens is 192 g/mol. The zero-order chi connectivity index (χ0) is 11.7. The lowest BCUT2D eigenvalue weighted by atomic mass is 10.2. The van der Waals surface area contributed by atoms with Gasteiger partial charge in [-0.2, -0.15) is 0 Å². The summed E-state index contributed by atoms with van der Waals surface area (Å²) in [4.78, 5) is 2.23. The molecule has 0 spiro atoms. The molecule has 0 aromatic heterocycles. The van der Waals surface area contributed by atoms with E-state index in [9.17, 15) is 5.11 Å². The van der Waals surface area contributed by atoms with Gasteiger partial charge >= 0.3 is 0 Å². The largest absolute Gasteiger partial charge is 0.390 e. The highest BCUT2D eigenvalue weighted by Gasteiger charge is 2.15. The topological polar surface area (TPSA) is 44.7 Å². The fraction of sp³-hybridized carbons (Fsp3) is 1.00. The van der Waals surface area contributed by atoms with Gasteiger partial charge in [0.15, 0.2) is 0 Å². The quantitative estimate of drug-likeness (QED) is 0.585. The lowest BCUT2D eigenvalue weighted by Crippen LogP contribution is -2.44. The Balaban J connectivity index is 3.85. The summed E-state index contributed by atoms with van der Waals surface area (Å²) in [6.07, 6.45) is -0.302. The molecule has 0 aromatic carbocycles. The normalized spacial score (nSPS) is 15.6. The van der Waals surface area contributed by atoms with Crippen molar-refractivity contribution in [2.24, 2.45) is 0 Å². The molecule has 0 aliphatic rings. The molecule has 2 unspecified atom stereocenters. The average molecular weight is 218 g/mol. The fourth-order valence-corrected chi connectivity index (χ4v) is 1.61. The molecule has 0 saturated heterocycles. The first-order chi connectivity index (χ1) is 7.15. The van der Waals surface area contributed by atoms with Gasteiger partial charge in [0, 0.05) is 26.2 Å². The third-order valence-corrected chi connectivity index (χ3v) is 2.51. The van der Waals surface area contributed by atoms with Crippen LogP contribution in [0.1, 0.15) is 20.8 Å². The first-order valence-electron chi connectivity index (χ1n) is 5.77. The van der Waals surface area contributed by atoms with Crippen LogP contribution in [0.15, 0.2) is 0 Å². The molecule has 0 aromatic rings. The summed E-state index contributed by atoms with van der Waals surface area (Å²) in [6.45, 7) is 10.2. The van der Waals surface area contributed by atoms with E-state index < -0.39 is 0 Å². The van der Waals surface area contributed by atoms with Gasteiger partial charge in [-0.1, -0.05) is 13.8 Å². The molecule has 0 amide bonds. The molecule has 0 rings (SSSR count). The van der Waals surface area contributed by atoms with Gasteiger partial charge in [0.05, 0.1) is 12.7 Å². The first kappa shape index (κ1) is 14.8. The maximum atomic E-state index is 9.75. The summed E-state index contributed by atoms with van der Waals surface area (Å²) in [5, 5.41) is 12.9. The smallest absolute Gasteiger partial charge is 0.0791 e. The Labute approximate surface area is 93.6 Å². The number of methoxy groups -OCH3 is 1. The second kappa shape index (κ2) is 9.09. The van der Waals surface area contributed by atoms with Crippen LogP contribution >= 0.6 is 0 Å². The van der Waals surface area contributed by atoms with E-state index in [0.29, 0.717) is 25.7 Å². The SMILES string of the molecule is CCNCC(O)CN(CC)C(C)COC. The number of rotatable bonds is 9. The maximum absolute atomic E-state index is 9.75. The van der Waals surface area contributed by atoms with Crippen LogP contribution in [0.4, 0.5) is 0 Å². The van der Waals surface area contributed by atoms with Crippen molar-refractivity contribution in [2.75, 3.05) is 39.9 Å². The summed E-state index contributed by atoms with van der Waals surface area (Å²) in [6, 6.07) is 0.358. The third kappa shape index (κ3) is 6.84. The van der Waals surface area contributed by atoms with Gasteiger partial charge in [0.1, 0.15) is 0 Å². The molecule has 0 heterocycles. The van der Waals surface area contributed by atoms with Crippen molar-refractivity contribution in [3.8, 4) is 0 Å². The second-order valence-corrected chi connectivity index (χ2v) is 3.85. The zero-order valence-corrected chi connectivity index (χ0v) is 10.5. The van der Waals surface area contributed by atoms with Crippen molar-refractivity contribution in [3.63, 3.8) is 0 Å². The number of likely N-dealkylation sites (N-methyl/N-ethyl adjacent to an activating group) is 2. The number of hydrogen-bond donors (Lipinski definition) is 2. The van der Waals surface area contributed by atoms with Crippen molar-refractivity contribution in [1.82, 2.24) is 10.2 Å². The van der Waals surface area contributed by atoms with Crippen LogP contribution in [0.25, 0.3) is 0 Å². The van der Waals surface area contributed by atoms with E-state index in [4.69, 9.17) is 4.74 Å². The predicted molar refractivity (Wildman–Crippen MR) is 63.1 cm³/mol. The summed E-state index contributed by atoms with van der Waals surface area (Å²) in [5.74, 6) is 0. The summed E-state index contributed by atoms with van der Waals surface area (Å²) < 4.78 is 5.11. The minimum Gasteiger partial charge on any atom is -0.390 e. The molecule has 2 atom stereocenters. The molecule has 0 fully saturated rings. The molecule has 15 heavy (non-hydrogen) atoms. The molecule has 4 heteroatoms. The molecule has 0 aliphatic heterocycles. The zero-order valence-electron chi connectivity index (χ0n) is 10.5. The van der Waals surface area contributed by atoms with Crippen LogP contribution < -0.4 is 5.32 Å². The Morgan fingerprint density at radius 1 is 1.40 bits per heavy atom. The summed E-state index contributed by atoms with van der Waals surface area (Å²) in [7, 11) is 1.71. The third-order valence-electron chi connectivity index (χ3n) is 2.51. The highest BCUT2D eigenvalue weighted by atomic mass is 16.5. The molecule has 0 bridgehead atoms. The molecule has 0 saturated carbocycles. The predicted octanol–water partition coefficient (Wildman–Crippen LogP) is 0.314. The molecule has 4 nitrogen and oxygen atoms in total. The van der Waals surface area contributed by atoms with Gasteiger partial charge in [-0.05, 0) is 20.0 Å². The highest BCUT2D eigenvalue weighted by Crippen LogP contribution is 2.00. The second-order valence-electron chi connectivity index (χ2n) is 3.85. The average Bonchev–Trinajstić information content (AvgIpc) is 2.23. The molecule has 92 valence electrons. The Hall–Kier alpha value is -0.160. The van der Waals surface area contributed by atoms with Crippen molar-refractivity contribution in [3.05, 3.63) is 0 Å². The Morgan fingerprint density at radius 2 is 2.07 bits per heavy atom. The van der Waals surface area contributed by atoms with Crippen LogP contribution in [0.5, 0.6) is 0 Å². The minimum atomic E-state index is -0.302. The Morgan fingerprint density at radius 3 is 2.53 bits per heavy atom. The van der Waals surface area contributed by atoms with Gasteiger partial charge in [-0.3, -0.25) is 4.90 Å². The first-order valence-corrected chi connectivity index (χ1v) is 5.77. The van der Waals surface area contributed by atoms with Crippen LogP contribution in [0.2, 0.25) is 0 Å². The van der Waals surface area contributed by atoms with Gasteiger partial charge in [-0.15, -0.1) is 0 Å².